The molecule has 4 rings (SSSR count). The molecule has 2 aliphatic rings. The number of thioether (sulfide) groups is 1. The minimum Gasteiger partial charge on any atom is -0.545 e. The number of alkyl halides is 2. The quantitative estimate of drug-likeness (QED) is 0.474. The Balaban J connectivity index is 1.93. The third kappa shape index (κ3) is 6.21. The van der Waals surface area contributed by atoms with Crippen molar-refractivity contribution in [3.05, 3.63) is 70.8 Å². The number of aromatic carboxylic acids is 2. The molecule has 0 saturated carbocycles. The van der Waals surface area contributed by atoms with Gasteiger partial charge in [-0.15, -0.1) is 6.42 Å². The van der Waals surface area contributed by atoms with E-state index in [0.29, 0.717) is 0 Å². The standard InChI is InChI=1S/C29H28F2N2O7S/c1-5-14-33(28(38)40-29(2,3)4)27-32-21-19(15-10-6-8-12-17(15)24(34)35)20(22(23(30)31)39-26(21)41-27)16-11-7-9-13-18(16)25(36)37/h1,6-13,19-23,26H,14H2,2-4H3,(H,34,35)(H,36,37)/p-2/t19-,20+,21+,22-,26+/m0/s1. The number of hydrogen-bond donors (Lipinski definition) is 0. The van der Waals surface area contributed by atoms with Gasteiger partial charge in [0.1, 0.15) is 17.1 Å². The summed E-state index contributed by atoms with van der Waals surface area (Å²) in [7, 11) is 0. The van der Waals surface area contributed by atoms with Crippen LogP contribution in [0, 0.1) is 12.3 Å². The number of ether oxygens (including phenoxy) is 2. The molecule has 2 aromatic carbocycles. The SMILES string of the molecule is C#CCN(C(=O)OC(C)(C)C)C1=N[C@@H]2[C@@H](c3ccccc3C(=O)[O-])[C@@H](c3ccccc3C(=O)[O-])[C@@H](C(F)F)O[C@@H]2S1. The lowest BCUT2D eigenvalue weighted by Crippen LogP contribution is -2.49. The topological polar surface area (TPSA) is 131 Å². The van der Waals surface area contributed by atoms with Crippen LogP contribution in [0.15, 0.2) is 53.5 Å². The molecule has 12 heteroatoms. The maximum atomic E-state index is 14.7. The Labute approximate surface area is 239 Å². The highest BCUT2D eigenvalue weighted by molar-refractivity contribution is 8.14. The smallest absolute Gasteiger partial charge is 0.417 e. The van der Waals surface area contributed by atoms with Gasteiger partial charge in [0.2, 0.25) is 0 Å². The largest absolute Gasteiger partial charge is 0.545 e. The Morgan fingerprint density at radius 1 is 1.05 bits per heavy atom. The van der Waals surface area contributed by atoms with Gasteiger partial charge in [-0.25, -0.2) is 18.5 Å². The molecule has 41 heavy (non-hydrogen) atoms. The number of carbonyl (C=O) groups excluding carboxylic acids is 3. The molecule has 0 bridgehead atoms. The second-order valence-electron chi connectivity index (χ2n) is 10.4. The van der Waals surface area contributed by atoms with Gasteiger partial charge in [-0.1, -0.05) is 66.2 Å². The van der Waals surface area contributed by atoms with E-state index in [1.165, 1.54) is 48.5 Å². The molecule has 1 amide bonds. The van der Waals surface area contributed by atoms with Crippen LogP contribution < -0.4 is 10.2 Å². The van der Waals surface area contributed by atoms with E-state index in [1.54, 1.807) is 20.8 Å². The molecule has 1 fully saturated rings. The van der Waals surface area contributed by atoms with Crippen LogP contribution in [0.2, 0.25) is 0 Å². The number of carbonyl (C=O) groups is 3. The van der Waals surface area contributed by atoms with Crippen molar-refractivity contribution in [3.63, 3.8) is 0 Å². The lowest BCUT2D eigenvalue weighted by Gasteiger charge is -2.44. The van der Waals surface area contributed by atoms with Crippen molar-refractivity contribution < 1.29 is 42.9 Å². The maximum absolute atomic E-state index is 14.7. The third-order valence-electron chi connectivity index (χ3n) is 6.58. The van der Waals surface area contributed by atoms with Gasteiger partial charge in [0, 0.05) is 23.0 Å². The van der Waals surface area contributed by atoms with Crippen LogP contribution in [0.1, 0.15) is 64.4 Å². The van der Waals surface area contributed by atoms with Crippen molar-refractivity contribution in [1.29, 1.82) is 0 Å². The molecule has 0 aromatic heterocycles. The number of carboxylic acid groups (broad SMARTS) is 2. The van der Waals surface area contributed by atoms with Crippen LogP contribution in [0.25, 0.3) is 0 Å². The highest BCUT2D eigenvalue weighted by Gasteiger charge is 2.54. The molecule has 0 radical (unpaired) electrons. The Kier molecular flexibility index (Phi) is 8.70. The Morgan fingerprint density at radius 2 is 1.59 bits per heavy atom. The van der Waals surface area contributed by atoms with Crippen LogP contribution in [0.3, 0.4) is 0 Å². The van der Waals surface area contributed by atoms with Crippen LogP contribution >= 0.6 is 11.8 Å². The van der Waals surface area contributed by atoms with E-state index >= 15 is 0 Å². The fourth-order valence-corrected chi connectivity index (χ4v) is 6.28. The maximum Gasteiger partial charge on any atom is 0.417 e. The molecule has 1 saturated heterocycles. The number of terminal acetylenes is 1. The number of hydrogen-bond acceptors (Lipinski definition) is 9. The van der Waals surface area contributed by atoms with Crippen molar-refractivity contribution in [2.45, 2.75) is 62.2 Å². The van der Waals surface area contributed by atoms with Gasteiger partial charge >= 0.3 is 6.09 Å². The number of halogens is 2. The van der Waals surface area contributed by atoms with Gasteiger partial charge in [-0.05, 0) is 31.9 Å². The van der Waals surface area contributed by atoms with Crippen LogP contribution in [-0.2, 0) is 9.47 Å². The molecule has 0 N–H and O–H groups in total. The summed E-state index contributed by atoms with van der Waals surface area (Å²) >= 11 is 0.871. The van der Waals surface area contributed by atoms with E-state index in [0.717, 1.165) is 16.7 Å². The van der Waals surface area contributed by atoms with Gasteiger partial charge in [-0.3, -0.25) is 4.99 Å². The van der Waals surface area contributed by atoms with Crippen molar-refractivity contribution in [1.82, 2.24) is 4.90 Å². The Hall–Kier alpha value is -3.95. The number of fused-ring (bicyclic) bond motifs is 1. The van der Waals surface area contributed by atoms with E-state index in [9.17, 15) is 33.4 Å². The Bertz CT molecular complexity index is 1420. The lowest BCUT2D eigenvalue weighted by molar-refractivity contribution is -0.256. The highest BCUT2D eigenvalue weighted by Crippen LogP contribution is 2.53. The van der Waals surface area contributed by atoms with Gasteiger partial charge in [-0.2, -0.15) is 0 Å². The number of carboxylic acids is 2. The van der Waals surface area contributed by atoms with Crippen molar-refractivity contribution in [2.75, 3.05) is 6.54 Å². The van der Waals surface area contributed by atoms with Crippen molar-refractivity contribution in [3.8, 4) is 12.3 Å². The second kappa shape index (κ2) is 11.9. The summed E-state index contributed by atoms with van der Waals surface area (Å²) in [5.74, 6) is -3.32. The van der Waals surface area contributed by atoms with Gasteiger partial charge < -0.3 is 29.3 Å². The lowest BCUT2D eigenvalue weighted by atomic mass is 9.70. The van der Waals surface area contributed by atoms with Gasteiger partial charge in [0.15, 0.2) is 5.17 Å². The zero-order valence-corrected chi connectivity index (χ0v) is 23.1. The molecule has 0 unspecified atom stereocenters. The first-order valence-electron chi connectivity index (χ1n) is 12.6. The summed E-state index contributed by atoms with van der Waals surface area (Å²) in [4.78, 5) is 42.9. The van der Waals surface area contributed by atoms with Crippen molar-refractivity contribution in [2.24, 2.45) is 4.99 Å². The zero-order chi connectivity index (χ0) is 30.1. The van der Waals surface area contributed by atoms with E-state index in [4.69, 9.17) is 15.9 Å². The van der Waals surface area contributed by atoms with Crippen molar-refractivity contribution >= 4 is 35.0 Å². The van der Waals surface area contributed by atoms with E-state index in [2.05, 4.69) is 10.9 Å². The summed E-state index contributed by atoms with van der Waals surface area (Å²) in [6.45, 7) is 4.72. The van der Waals surface area contributed by atoms with E-state index < -0.39 is 59.5 Å². The molecule has 2 aliphatic heterocycles. The number of amidine groups is 1. The first-order chi connectivity index (χ1) is 19.3. The molecule has 2 heterocycles. The number of benzene rings is 2. The monoisotopic (exact) mass is 584 g/mol. The predicted octanol–water partition coefficient (Wildman–Crippen LogP) is 2.61. The average molecular weight is 585 g/mol. The molecule has 0 aliphatic carbocycles. The Morgan fingerprint density at radius 3 is 2.07 bits per heavy atom. The second-order valence-corrected chi connectivity index (χ2v) is 11.5. The first-order valence-corrected chi connectivity index (χ1v) is 13.4. The summed E-state index contributed by atoms with van der Waals surface area (Å²) in [5, 5.41) is 24.2. The summed E-state index contributed by atoms with van der Waals surface area (Å²) in [6.07, 6.45) is -0.309. The van der Waals surface area contributed by atoms with E-state index in [-0.39, 0.29) is 34.0 Å². The molecular weight excluding hydrogens is 558 g/mol. The summed E-state index contributed by atoms with van der Waals surface area (Å²) < 4.78 is 40.7. The number of aliphatic imine (C=N–C) groups is 1. The summed E-state index contributed by atoms with van der Waals surface area (Å²) in [6, 6.07) is 10.1. The van der Waals surface area contributed by atoms with Gasteiger partial charge in [0.25, 0.3) is 6.43 Å². The molecular formula is C29H26F2N2O7S-2. The zero-order valence-electron chi connectivity index (χ0n) is 22.3. The van der Waals surface area contributed by atoms with Gasteiger partial charge in [0.05, 0.1) is 24.5 Å². The van der Waals surface area contributed by atoms with Crippen LogP contribution in [0.4, 0.5) is 13.6 Å². The normalized spacial score (nSPS) is 23.7. The number of amides is 1. The molecule has 9 nitrogen and oxygen atoms in total. The fourth-order valence-electron chi connectivity index (χ4n) is 5.07. The van der Waals surface area contributed by atoms with Crippen LogP contribution in [-0.4, -0.2) is 64.3 Å². The van der Waals surface area contributed by atoms with E-state index in [1.807, 2.05) is 0 Å². The minimum atomic E-state index is -3.11. The predicted molar refractivity (Wildman–Crippen MR) is 142 cm³/mol. The fraction of sp³-hybridized carbons (Fsp3) is 0.379. The molecule has 5 atom stereocenters. The average Bonchev–Trinajstić information content (AvgIpc) is 3.33. The molecule has 0 spiro atoms. The third-order valence-corrected chi connectivity index (χ3v) is 7.74. The summed E-state index contributed by atoms with van der Waals surface area (Å²) in [5.41, 5.74) is -2.54. The number of nitrogens with zero attached hydrogens (tertiary/aromatic N) is 2. The first kappa shape index (κ1) is 30.0. The minimum absolute atomic E-state index is 0.0318. The molecule has 216 valence electrons. The molecule has 2 aromatic rings. The highest BCUT2D eigenvalue weighted by atomic mass is 32.2. The van der Waals surface area contributed by atoms with Crippen LogP contribution in [0.5, 0.6) is 0 Å². The number of rotatable bonds is 6.